The maximum atomic E-state index is 12.8. The summed E-state index contributed by atoms with van der Waals surface area (Å²) in [4.78, 5) is 29.4. The lowest BCUT2D eigenvalue weighted by molar-refractivity contribution is 0.102. The fourth-order valence-electron chi connectivity index (χ4n) is 3.25. The lowest BCUT2D eigenvalue weighted by Crippen LogP contribution is -2.32. The fourth-order valence-corrected chi connectivity index (χ4v) is 4.76. The van der Waals surface area contributed by atoms with Gasteiger partial charge in [0.05, 0.1) is 27.6 Å². The maximum Gasteiger partial charge on any atom is 0.323 e. The number of carbonyl (C=O) groups excluding carboxylic acids is 1. The summed E-state index contributed by atoms with van der Waals surface area (Å²) in [7, 11) is -3.79. The van der Waals surface area contributed by atoms with E-state index in [1.165, 1.54) is 18.2 Å². The van der Waals surface area contributed by atoms with Crippen molar-refractivity contribution in [3.8, 4) is 0 Å². The first-order valence-electron chi connectivity index (χ1n) is 9.26. The number of rotatable bonds is 6. The Bertz CT molecular complexity index is 1260. The minimum atomic E-state index is -3.79. The van der Waals surface area contributed by atoms with Gasteiger partial charge in [0.25, 0.3) is 5.91 Å². The van der Waals surface area contributed by atoms with Gasteiger partial charge in [-0.3, -0.25) is 4.79 Å². The van der Waals surface area contributed by atoms with Crippen molar-refractivity contribution >= 4 is 48.6 Å². The lowest BCUT2D eigenvalue weighted by atomic mass is 10.2. The van der Waals surface area contributed by atoms with Crippen LogP contribution in [0.1, 0.15) is 23.2 Å². The monoisotopic (exact) mass is 494 g/mol. The van der Waals surface area contributed by atoms with E-state index in [4.69, 9.17) is 4.74 Å². The number of hydrogen-bond acceptors (Lipinski definition) is 5. The summed E-state index contributed by atoms with van der Waals surface area (Å²) in [6.07, 6.45) is 1.60. The van der Waals surface area contributed by atoms with Gasteiger partial charge < -0.3 is 20.0 Å². The molecule has 1 atom stereocenters. The molecule has 1 amide bonds. The first-order chi connectivity index (χ1) is 14.3. The molecule has 1 unspecified atom stereocenters. The molecular formula is C19H19BrN4O5S. The Morgan fingerprint density at radius 2 is 1.97 bits per heavy atom. The molecule has 0 aliphatic carbocycles. The Kier molecular flexibility index (Phi) is 5.78. The number of amides is 1. The minimum Gasteiger partial charge on any atom is -0.377 e. The summed E-state index contributed by atoms with van der Waals surface area (Å²) in [5.41, 5.74) is 1.44. The number of sulfonamides is 1. The van der Waals surface area contributed by atoms with E-state index in [-0.39, 0.29) is 28.8 Å². The SMILES string of the molecule is O=C(Nc1ccc2[nH]c(=O)[nH]c2c1)c1cc(S(=O)(=O)NCC2CCCO2)ccc1Br. The van der Waals surface area contributed by atoms with Gasteiger partial charge in [-0.25, -0.2) is 17.9 Å². The number of halogens is 1. The third kappa shape index (κ3) is 4.48. The Morgan fingerprint density at radius 3 is 2.73 bits per heavy atom. The van der Waals surface area contributed by atoms with E-state index >= 15 is 0 Å². The standard InChI is InChI=1S/C19H19BrN4O5S/c20-15-5-4-13(30(27,28)21-10-12-2-1-7-29-12)9-14(15)18(25)22-11-3-6-16-17(8-11)24-19(26)23-16/h3-6,8-9,12,21H,1-2,7,10H2,(H,22,25)(H2,23,24,26). The van der Waals surface area contributed by atoms with Gasteiger partial charge in [0.2, 0.25) is 10.0 Å². The van der Waals surface area contributed by atoms with Crippen LogP contribution >= 0.6 is 15.9 Å². The Morgan fingerprint density at radius 1 is 1.17 bits per heavy atom. The van der Waals surface area contributed by atoms with Gasteiger partial charge in [0, 0.05) is 23.3 Å². The molecule has 1 aromatic heterocycles. The second kappa shape index (κ2) is 8.34. The zero-order valence-corrected chi connectivity index (χ0v) is 18.1. The van der Waals surface area contributed by atoms with Crippen molar-refractivity contribution in [1.82, 2.24) is 14.7 Å². The third-order valence-corrected chi connectivity index (χ3v) is 6.90. The van der Waals surface area contributed by atoms with Crippen LogP contribution in [-0.4, -0.2) is 43.5 Å². The van der Waals surface area contributed by atoms with Gasteiger partial charge in [0.15, 0.2) is 0 Å². The number of fused-ring (bicyclic) bond motifs is 1. The molecule has 158 valence electrons. The molecule has 1 fully saturated rings. The summed E-state index contributed by atoms with van der Waals surface area (Å²) in [5, 5.41) is 2.72. The number of anilines is 1. The predicted octanol–water partition coefficient (Wildman–Crippen LogP) is 2.33. The van der Waals surface area contributed by atoms with Gasteiger partial charge >= 0.3 is 5.69 Å². The number of benzene rings is 2. The van der Waals surface area contributed by atoms with Crippen molar-refractivity contribution in [1.29, 1.82) is 0 Å². The molecule has 1 aliphatic heterocycles. The molecule has 2 aromatic carbocycles. The van der Waals surface area contributed by atoms with Crippen LogP contribution in [0.15, 0.2) is 50.6 Å². The van der Waals surface area contributed by atoms with Crippen LogP contribution in [0.2, 0.25) is 0 Å². The van der Waals surface area contributed by atoms with Crippen molar-refractivity contribution in [3.05, 3.63) is 56.9 Å². The molecule has 0 bridgehead atoms. The van der Waals surface area contributed by atoms with Crippen LogP contribution in [0, 0.1) is 0 Å². The van der Waals surface area contributed by atoms with Crippen LogP contribution in [0.3, 0.4) is 0 Å². The number of imidazole rings is 1. The van der Waals surface area contributed by atoms with Crippen LogP contribution in [0.5, 0.6) is 0 Å². The van der Waals surface area contributed by atoms with Crippen LogP contribution in [0.25, 0.3) is 11.0 Å². The summed E-state index contributed by atoms with van der Waals surface area (Å²) >= 11 is 3.30. The van der Waals surface area contributed by atoms with Gasteiger partial charge in [-0.15, -0.1) is 0 Å². The van der Waals surface area contributed by atoms with Crippen molar-refractivity contribution in [2.75, 3.05) is 18.5 Å². The summed E-state index contributed by atoms with van der Waals surface area (Å²) in [6.45, 7) is 0.826. The highest BCUT2D eigenvalue weighted by atomic mass is 79.9. The lowest BCUT2D eigenvalue weighted by Gasteiger charge is -2.13. The molecule has 0 spiro atoms. The van der Waals surface area contributed by atoms with Crippen molar-refractivity contribution in [3.63, 3.8) is 0 Å². The molecule has 11 heteroatoms. The highest BCUT2D eigenvalue weighted by Gasteiger charge is 2.22. The van der Waals surface area contributed by atoms with E-state index in [9.17, 15) is 18.0 Å². The fraction of sp³-hybridized carbons (Fsp3) is 0.263. The highest BCUT2D eigenvalue weighted by molar-refractivity contribution is 9.10. The Hall–Kier alpha value is -2.47. The summed E-state index contributed by atoms with van der Waals surface area (Å²) in [5.74, 6) is -0.490. The molecule has 1 saturated heterocycles. The van der Waals surface area contributed by atoms with E-state index in [0.717, 1.165) is 12.8 Å². The molecule has 4 N–H and O–H groups in total. The van der Waals surface area contributed by atoms with Crippen LogP contribution in [0.4, 0.5) is 5.69 Å². The number of aromatic nitrogens is 2. The molecule has 9 nitrogen and oxygen atoms in total. The molecule has 4 rings (SSSR count). The number of nitrogens with one attached hydrogen (secondary N) is 4. The normalized spacial score (nSPS) is 16.8. The van der Waals surface area contributed by atoms with Crippen LogP contribution in [-0.2, 0) is 14.8 Å². The molecule has 0 radical (unpaired) electrons. The van der Waals surface area contributed by atoms with Crippen molar-refractivity contribution < 1.29 is 17.9 Å². The largest absolute Gasteiger partial charge is 0.377 e. The average Bonchev–Trinajstić information content (AvgIpc) is 3.34. The summed E-state index contributed by atoms with van der Waals surface area (Å²) in [6, 6.07) is 9.17. The molecule has 1 aliphatic rings. The maximum absolute atomic E-state index is 12.8. The second-order valence-corrected chi connectivity index (χ2v) is 9.54. The van der Waals surface area contributed by atoms with Gasteiger partial charge in [0.1, 0.15) is 0 Å². The predicted molar refractivity (Wildman–Crippen MR) is 115 cm³/mol. The summed E-state index contributed by atoms with van der Waals surface area (Å²) < 4.78 is 33.7. The quantitative estimate of drug-likeness (QED) is 0.417. The van der Waals surface area contributed by atoms with Crippen molar-refractivity contribution in [2.45, 2.75) is 23.8 Å². The van der Waals surface area contributed by atoms with E-state index in [2.05, 4.69) is 35.9 Å². The first kappa shape index (κ1) is 20.8. The van der Waals surface area contributed by atoms with E-state index in [0.29, 0.717) is 27.8 Å². The highest BCUT2D eigenvalue weighted by Crippen LogP contribution is 2.23. The Balaban J connectivity index is 1.53. The second-order valence-electron chi connectivity index (χ2n) is 6.92. The molecule has 3 aromatic rings. The number of aromatic amines is 2. The topological polar surface area (TPSA) is 133 Å². The number of H-pyrrole nitrogens is 2. The van der Waals surface area contributed by atoms with Crippen molar-refractivity contribution in [2.24, 2.45) is 0 Å². The third-order valence-electron chi connectivity index (χ3n) is 4.79. The molecule has 0 saturated carbocycles. The first-order valence-corrected chi connectivity index (χ1v) is 11.5. The molecule has 30 heavy (non-hydrogen) atoms. The minimum absolute atomic E-state index is 0.0146. The van der Waals surface area contributed by atoms with Gasteiger partial charge in [-0.2, -0.15) is 0 Å². The zero-order valence-electron chi connectivity index (χ0n) is 15.7. The van der Waals surface area contributed by atoms with E-state index < -0.39 is 15.9 Å². The number of carbonyl (C=O) groups is 1. The van der Waals surface area contributed by atoms with E-state index in [1.807, 2.05) is 0 Å². The smallest absolute Gasteiger partial charge is 0.323 e. The van der Waals surface area contributed by atoms with Gasteiger partial charge in [-0.05, 0) is 65.2 Å². The molecule has 2 heterocycles. The van der Waals surface area contributed by atoms with E-state index in [1.54, 1.807) is 18.2 Å². The average molecular weight is 495 g/mol. The van der Waals surface area contributed by atoms with Gasteiger partial charge in [-0.1, -0.05) is 0 Å². The number of hydrogen-bond donors (Lipinski definition) is 4. The van der Waals surface area contributed by atoms with Crippen LogP contribution < -0.4 is 15.7 Å². The zero-order chi connectivity index (χ0) is 21.3. The number of ether oxygens (including phenoxy) is 1. The Labute approximate surface area is 180 Å². The molecular weight excluding hydrogens is 476 g/mol.